The fourth-order valence-corrected chi connectivity index (χ4v) is 7.42. The highest BCUT2D eigenvalue weighted by molar-refractivity contribution is 6.10. The highest BCUT2D eigenvalue weighted by atomic mass is 15.2. The van der Waals surface area contributed by atoms with E-state index in [0.717, 1.165) is 33.9 Å². The molecule has 8 aromatic rings. The van der Waals surface area contributed by atoms with Crippen LogP contribution in [0.2, 0.25) is 0 Å². The van der Waals surface area contributed by atoms with Gasteiger partial charge in [-0.1, -0.05) is 169 Å². The van der Waals surface area contributed by atoms with Crippen molar-refractivity contribution in [1.82, 2.24) is 0 Å². The molecule has 0 aromatic heterocycles. The summed E-state index contributed by atoms with van der Waals surface area (Å²) in [7, 11) is 0. The van der Waals surface area contributed by atoms with Crippen LogP contribution < -0.4 is 9.80 Å². The Kier molecular flexibility index (Phi) is 10.5. The highest BCUT2D eigenvalue weighted by Gasteiger charge is 2.25. The summed E-state index contributed by atoms with van der Waals surface area (Å²) < 4.78 is 0. The predicted molar refractivity (Wildman–Crippen MR) is 243 cm³/mol. The van der Waals surface area contributed by atoms with Gasteiger partial charge in [0.05, 0.1) is 11.4 Å². The minimum atomic E-state index is 1.11. The zero-order valence-corrected chi connectivity index (χ0v) is 32.5. The van der Waals surface area contributed by atoms with Gasteiger partial charge in [-0.2, -0.15) is 0 Å². The van der Waals surface area contributed by atoms with Gasteiger partial charge < -0.3 is 9.80 Å². The molecule has 0 fully saturated rings. The van der Waals surface area contributed by atoms with Crippen LogP contribution in [0.4, 0.5) is 34.1 Å². The number of nitrogens with zero attached hydrogens (tertiary/aromatic N) is 2. The topological polar surface area (TPSA) is 6.48 Å². The average Bonchev–Trinajstić information content (AvgIpc) is 3.25. The van der Waals surface area contributed by atoms with E-state index in [1.807, 2.05) is 0 Å². The van der Waals surface area contributed by atoms with Crippen LogP contribution in [-0.2, 0) is 0 Å². The van der Waals surface area contributed by atoms with Crippen LogP contribution in [0.5, 0.6) is 0 Å². The van der Waals surface area contributed by atoms with Gasteiger partial charge >= 0.3 is 0 Å². The van der Waals surface area contributed by atoms with Crippen LogP contribution in [0.25, 0.3) is 35.1 Å². The average molecular weight is 723 g/mol. The molecule has 8 rings (SSSR count). The Hall–Kier alpha value is -6.90. The molecular weight excluding hydrogens is 677 g/mol. The summed E-state index contributed by atoms with van der Waals surface area (Å²) in [4.78, 5) is 4.87. The summed E-state index contributed by atoms with van der Waals surface area (Å²) >= 11 is 0. The van der Waals surface area contributed by atoms with Crippen molar-refractivity contribution in [3.05, 3.63) is 226 Å². The Morgan fingerprint density at radius 1 is 0.286 bits per heavy atom. The van der Waals surface area contributed by atoms with E-state index < -0.39 is 0 Å². The third-order valence-electron chi connectivity index (χ3n) is 10.6. The molecule has 0 aliphatic heterocycles. The fraction of sp³-hybridized carbons (Fsp3) is 0.0741. The molecule has 0 aliphatic rings. The lowest BCUT2D eigenvalue weighted by Gasteiger charge is -2.34. The summed E-state index contributed by atoms with van der Waals surface area (Å²) in [6.07, 6.45) is 8.70. The number of anilines is 6. The number of hydrogen-bond donors (Lipinski definition) is 0. The van der Waals surface area contributed by atoms with Crippen molar-refractivity contribution < 1.29 is 0 Å². The van der Waals surface area contributed by atoms with E-state index in [1.54, 1.807) is 0 Å². The summed E-state index contributed by atoms with van der Waals surface area (Å²) in [5, 5.41) is 2.39. The molecule has 0 saturated carbocycles. The predicted octanol–water partition coefficient (Wildman–Crippen LogP) is 15.4. The Morgan fingerprint density at radius 2 is 0.554 bits per heavy atom. The zero-order chi connectivity index (χ0) is 38.4. The zero-order valence-electron chi connectivity index (χ0n) is 32.5. The molecule has 0 atom stereocenters. The van der Waals surface area contributed by atoms with Crippen LogP contribution >= 0.6 is 0 Å². The van der Waals surface area contributed by atoms with E-state index >= 15 is 0 Å². The molecule has 0 bridgehead atoms. The van der Waals surface area contributed by atoms with Gasteiger partial charge in [-0.3, -0.25) is 0 Å². The van der Waals surface area contributed by atoms with Crippen molar-refractivity contribution in [2.75, 3.05) is 9.80 Å². The first-order valence-corrected chi connectivity index (χ1v) is 19.3. The van der Waals surface area contributed by atoms with Crippen LogP contribution in [0, 0.1) is 27.7 Å². The van der Waals surface area contributed by atoms with Gasteiger partial charge in [-0.05, 0) is 110 Å². The Morgan fingerprint density at radius 3 is 0.875 bits per heavy atom. The number of rotatable bonds is 10. The van der Waals surface area contributed by atoms with Gasteiger partial charge in [0.25, 0.3) is 0 Å². The summed E-state index contributed by atoms with van der Waals surface area (Å²) in [5.74, 6) is 0. The number of hydrogen-bond acceptors (Lipinski definition) is 2. The molecule has 0 aliphatic carbocycles. The smallest absolute Gasteiger partial charge is 0.0573 e. The molecule has 0 radical (unpaired) electrons. The highest BCUT2D eigenvalue weighted by Crippen LogP contribution is 2.49. The van der Waals surface area contributed by atoms with Crippen molar-refractivity contribution in [2.45, 2.75) is 27.7 Å². The van der Waals surface area contributed by atoms with E-state index in [0.29, 0.717) is 0 Å². The fourth-order valence-electron chi connectivity index (χ4n) is 7.42. The standard InChI is InChI=1S/C54H46N2/c1-39-19-31-47(32-20-39)55(49-35-27-45(28-36-49)25-23-43-13-7-5-8-14-43)53-41(3)42(4)54(52-18-12-11-17-51(52)53)56(48-33-21-40(2)22-34-48)50-37-29-46(30-38-50)26-24-44-15-9-6-10-16-44/h5-38H,1-4H3. The first kappa shape index (κ1) is 36.1. The Balaban J connectivity index is 1.27. The lowest BCUT2D eigenvalue weighted by molar-refractivity contribution is 1.21. The van der Waals surface area contributed by atoms with Crippen molar-refractivity contribution in [2.24, 2.45) is 0 Å². The number of aryl methyl sites for hydroxylation is 2. The van der Waals surface area contributed by atoms with Gasteiger partial charge in [0.15, 0.2) is 0 Å². The van der Waals surface area contributed by atoms with Gasteiger partial charge in [0.1, 0.15) is 0 Å². The molecule has 0 saturated heterocycles. The Labute approximate surface area is 332 Å². The Bertz CT molecular complexity index is 2430. The summed E-state index contributed by atoms with van der Waals surface area (Å²) in [6, 6.07) is 65.4. The largest absolute Gasteiger partial charge is 0.310 e. The first-order chi connectivity index (χ1) is 27.4. The minimum Gasteiger partial charge on any atom is -0.310 e. The maximum atomic E-state index is 2.43. The van der Waals surface area contributed by atoms with E-state index in [4.69, 9.17) is 0 Å². The van der Waals surface area contributed by atoms with Crippen LogP contribution in [0.1, 0.15) is 44.5 Å². The quantitative estimate of drug-likeness (QED) is 0.130. The van der Waals surface area contributed by atoms with Crippen LogP contribution in [0.3, 0.4) is 0 Å². The lowest BCUT2D eigenvalue weighted by atomic mass is 9.94. The second-order valence-corrected chi connectivity index (χ2v) is 14.5. The molecule has 2 nitrogen and oxygen atoms in total. The molecule has 0 N–H and O–H groups in total. The van der Waals surface area contributed by atoms with Gasteiger partial charge in [0.2, 0.25) is 0 Å². The van der Waals surface area contributed by atoms with Crippen LogP contribution in [0.15, 0.2) is 182 Å². The van der Waals surface area contributed by atoms with Crippen molar-refractivity contribution >= 4 is 69.2 Å². The molecule has 0 amide bonds. The third-order valence-corrected chi connectivity index (χ3v) is 10.6. The molecule has 0 heterocycles. The molecule has 0 unspecified atom stereocenters. The second-order valence-electron chi connectivity index (χ2n) is 14.5. The SMILES string of the molecule is Cc1ccc(N(c2ccc(C=Cc3ccccc3)cc2)c2c(C)c(C)c(N(c3ccc(C)cc3)c3ccc(C=Cc4ccccc4)cc3)c3ccccc23)cc1. The van der Waals surface area contributed by atoms with Crippen LogP contribution in [-0.4, -0.2) is 0 Å². The molecule has 8 aromatic carbocycles. The summed E-state index contributed by atoms with van der Waals surface area (Å²) in [5.41, 5.74) is 16.5. The lowest BCUT2D eigenvalue weighted by Crippen LogP contribution is -2.16. The number of fused-ring (bicyclic) bond motifs is 1. The van der Waals surface area contributed by atoms with Crippen molar-refractivity contribution in [3.8, 4) is 0 Å². The second kappa shape index (κ2) is 16.2. The molecular formula is C54H46N2. The monoisotopic (exact) mass is 722 g/mol. The number of benzene rings is 8. The molecule has 272 valence electrons. The van der Waals surface area contributed by atoms with Crippen molar-refractivity contribution in [1.29, 1.82) is 0 Å². The molecule has 0 spiro atoms. The first-order valence-electron chi connectivity index (χ1n) is 19.3. The van der Waals surface area contributed by atoms with Gasteiger partial charge in [0, 0.05) is 33.5 Å². The third kappa shape index (κ3) is 7.69. The molecule has 56 heavy (non-hydrogen) atoms. The van der Waals surface area contributed by atoms with E-state index in [2.05, 4.69) is 244 Å². The minimum absolute atomic E-state index is 1.11. The van der Waals surface area contributed by atoms with Gasteiger partial charge in [-0.15, -0.1) is 0 Å². The van der Waals surface area contributed by atoms with Gasteiger partial charge in [-0.25, -0.2) is 0 Å². The van der Waals surface area contributed by atoms with E-state index in [9.17, 15) is 0 Å². The normalized spacial score (nSPS) is 11.4. The summed E-state index contributed by atoms with van der Waals surface area (Å²) in [6.45, 7) is 8.85. The van der Waals surface area contributed by atoms with Crippen molar-refractivity contribution in [3.63, 3.8) is 0 Å². The maximum Gasteiger partial charge on any atom is 0.0573 e. The maximum absolute atomic E-state index is 2.43. The van der Waals surface area contributed by atoms with E-state index in [-0.39, 0.29) is 0 Å². The van der Waals surface area contributed by atoms with E-state index in [1.165, 1.54) is 55.5 Å². The molecule has 2 heteroatoms.